The molecule has 0 heterocycles. The van der Waals surface area contributed by atoms with Gasteiger partial charge in [-0.1, -0.05) is 62.8 Å². The van der Waals surface area contributed by atoms with Crippen molar-refractivity contribution < 1.29 is 0 Å². The molecular weight excluding hydrogens is 216 g/mol. The Bertz CT molecular complexity index is 372. The Hall–Kier alpha value is -1.04. The number of hydrogen-bond acceptors (Lipinski definition) is 0. The summed E-state index contributed by atoms with van der Waals surface area (Å²) in [4.78, 5) is 0. The molecule has 1 fully saturated rings. The monoisotopic (exact) mass is 242 g/mol. The zero-order chi connectivity index (χ0) is 12.8. The van der Waals surface area contributed by atoms with Crippen molar-refractivity contribution >= 4 is 0 Å². The van der Waals surface area contributed by atoms with Crippen molar-refractivity contribution in [3.05, 3.63) is 48.0 Å². The van der Waals surface area contributed by atoms with Gasteiger partial charge in [-0.25, -0.2) is 0 Å². The minimum atomic E-state index is 0.538. The number of benzene rings is 1. The molecule has 0 aromatic heterocycles. The smallest absolute Gasteiger partial charge is 0.0182 e. The average molecular weight is 242 g/mol. The fourth-order valence-corrected chi connectivity index (χ4v) is 3.04. The summed E-state index contributed by atoms with van der Waals surface area (Å²) in [6.07, 6.45) is 12.8. The Morgan fingerprint density at radius 3 is 2.67 bits per heavy atom. The van der Waals surface area contributed by atoms with Gasteiger partial charge in [0.2, 0.25) is 0 Å². The molecule has 0 spiro atoms. The van der Waals surface area contributed by atoms with E-state index in [1.165, 1.54) is 44.1 Å². The van der Waals surface area contributed by atoms with Gasteiger partial charge >= 0.3 is 0 Å². The highest BCUT2D eigenvalue weighted by Crippen LogP contribution is 2.43. The third kappa shape index (κ3) is 3.73. The van der Waals surface area contributed by atoms with Gasteiger partial charge in [0.05, 0.1) is 0 Å². The summed E-state index contributed by atoms with van der Waals surface area (Å²) in [6.45, 7) is 4.83. The summed E-state index contributed by atoms with van der Waals surface area (Å²) < 4.78 is 0. The Morgan fingerprint density at radius 1 is 1.22 bits per heavy atom. The largest absolute Gasteiger partial charge is 0.0882 e. The molecule has 1 aliphatic rings. The van der Waals surface area contributed by atoms with Crippen molar-refractivity contribution in [1.82, 2.24) is 0 Å². The molecule has 0 nitrogen and oxygen atoms in total. The van der Waals surface area contributed by atoms with Crippen molar-refractivity contribution in [2.45, 2.75) is 52.4 Å². The van der Waals surface area contributed by atoms with Crippen LogP contribution in [-0.4, -0.2) is 0 Å². The number of allylic oxidation sites excluding steroid dienone is 2. The second-order valence-electron chi connectivity index (χ2n) is 6.29. The quantitative estimate of drug-likeness (QED) is 0.479. The molecule has 2 rings (SSSR count). The average Bonchev–Trinajstić information content (AvgIpc) is 2.70. The molecule has 18 heavy (non-hydrogen) atoms. The Kier molecular flexibility index (Phi) is 4.63. The van der Waals surface area contributed by atoms with E-state index < -0.39 is 0 Å². The molecule has 0 radical (unpaired) electrons. The first kappa shape index (κ1) is 13.4. The van der Waals surface area contributed by atoms with Crippen molar-refractivity contribution in [1.29, 1.82) is 0 Å². The minimum absolute atomic E-state index is 0.538. The molecule has 1 aromatic rings. The molecule has 1 saturated carbocycles. The number of unbranched alkanes of at least 4 members (excludes halogenated alkanes) is 1. The molecular formula is C18H26. The van der Waals surface area contributed by atoms with E-state index in [9.17, 15) is 0 Å². The van der Waals surface area contributed by atoms with Crippen LogP contribution in [0.4, 0.5) is 0 Å². The van der Waals surface area contributed by atoms with Crippen LogP contribution in [0.3, 0.4) is 0 Å². The van der Waals surface area contributed by atoms with E-state index in [0.717, 1.165) is 5.92 Å². The van der Waals surface area contributed by atoms with E-state index in [-0.39, 0.29) is 0 Å². The molecule has 0 amide bonds. The normalized spacial score (nSPS) is 22.7. The standard InChI is InChI=1S/C18H26/c1-18(2)15-9-14-17(18)13-8-4-7-12-16-10-5-3-6-11-16/h3,5-6,8,10-11,13,17H,4,7,9,12,14-15H2,1-2H3/b13-8+. The van der Waals surface area contributed by atoms with E-state index in [2.05, 4.69) is 56.3 Å². The lowest BCUT2D eigenvalue weighted by Gasteiger charge is -2.23. The van der Waals surface area contributed by atoms with E-state index in [1.807, 2.05) is 0 Å². The number of hydrogen-bond donors (Lipinski definition) is 0. The van der Waals surface area contributed by atoms with Crippen LogP contribution in [0.15, 0.2) is 42.5 Å². The minimum Gasteiger partial charge on any atom is -0.0882 e. The maximum Gasteiger partial charge on any atom is -0.0182 e. The lowest BCUT2D eigenvalue weighted by Crippen LogP contribution is -2.14. The summed E-state index contributed by atoms with van der Waals surface area (Å²) >= 11 is 0. The van der Waals surface area contributed by atoms with Gasteiger partial charge in [-0.15, -0.1) is 0 Å². The molecule has 98 valence electrons. The van der Waals surface area contributed by atoms with E-state index in [0.29, 0.717) is 5.41 Å². The van der Waals surface area contributed by atoms with E-state index in [4.69, 9.17) is 0 Å². The Balaban J connectivity index is 1.69. The summed E-state index contributed by atoms with van der Waals surface area (Å²) in [7, 11) is 0. The third-order valence-corrected chi connectivity index (χ3v) is 4.39. The van der Waals surface area contributed by atoms with Gasteiger partial charge in [-0.2, -0.15) is 0 Å². The van der Waals surface area contributed by atoms with E-state index >= 15 is 0 Å². The van der Waals surface area contributed by atoms with Crippen LogP contribution in [-0.2, 0) is 6.42 Å². The highest BCUT2D eigenvalue weighted by Gasteiger charge is 2.32. The lowest BCUT2D eigenvalue weighted by atomic mass is 9.81. The van der Waals surface area contributed by atoms with Crippen molar-refractivity contribution in [2.75, 3.05) is 0 Å². The first-order valence-electron chi connectivity index (χ1n) is 7.39. The van der Waals surface area contributed by atoms with Crippen molar-refractivity contribution in [3.63, 3.8) is 0 Å². The first-order valence-corrected chi connectivity index (χ1v) is 7.39. The zero-order valence-corrected chi connectivity index (χ0v) is 11.9. The van der Waals surface area contributed by atoms with Gasteiger partial charge < -0.3 is 0 Å². The molecule has 0 N–H and O–H groups in total. The molecule has 1 unspecified atom stereocenters. The highest BCUT2D eigenvalue weighted by atomic mass is 14.4. The molecule has 0 bridgehead atoms. The van der Waals surface area contributed by atoms with Crippen LogP contribution in [0.2, 0.25) is 0 Å². The Labute approximate surface area is 112 Å². The maximum absolute atomic E-state index is 2.48. The van der Waals surface area contributed by atoms with Crippen LogP contribution in [0, 0.1) is 11.3 Å². The molecule has 1 atom stereocenters. The third-order valence-electron chi connectivity index (χ3n) is 4.39. The zero-order valence-electron chi connectivity index (χ0n) is 11.9. The van der Waals surface area contributed by atoms with Gasteiger partial charge in [-0.05, 0) is 49.0 Å². The van der Waals surface area contributed by atoms with Crippen LogP contribution in [0.5, 0.6) is 0 Å². The first-order chi connectivity index (χ1) is 8.68. The fraction of sp³-hybridized carbons (Fsp3) is 0.556. The van der Waals surface area contributed by atoms with Crippen LogP contribution >= 0.6 is 0 Å². The SMILES string of the molecule is CC1(C)CCCC1/C=C/CCCc1ccccc1. The molecule has 1 aliphatic carbocycles. The van der Waals surface area contributed by atoms with Crippen LogP contribution in [0.1, 0.15) is 51.5 Å². The van der Waals surface area contributed by atoms with Gasteiger partial charge in [0.25, 0.3) is 0 Å². The molecule has 1 aromatic carbocycles. The van der Waals surface area contributed by atoms with Gasteiger partial charge in [0.15, 0.2) is 0 Å². The number of rotatable bonds is 5. The van der Waals surface area contributed by atoms with Crippen LogP contribution < -0.4 is 0 Å². The molecule has 0 heteroatoms. The van der Waals surface area contributed by atoms with Gasteiger partial charge in [0, 0.05) is 0 Å². The van der Waals surface area contributed by atoms with E-state index in [1.54, 1.807) is 0 Å². The Morgan fingerprint density at radius 2 is 2.00 bits per heavy atom. The lowest BCUT2D eigenvalue weighted by molar-refractivity contribution is 0.309. The summed E-state index contributed by atoms with van der Waals surface area (Å²) in [6, 6.07) is 10.8. The fourth-order valence-electron chi connectivity index (χ4n) is 3.04. The highest BCUT2D eigenvalue weighted by molar-refractivity contribution is 5.14. The van der Waals surface area contributed by atoms with Crippen molar-refractivity contribution in [2.24, 2.45) is 11.3 Å². The van der Waals surface area contributed by atoms with Crippen molar-refractivity contribution in [3.8, 4) is 0 Å². The topological polar surface area (TPSA) is 0 Å². The van der Waals surface area contributed by atoms with Crippen LogP contribution in [0.25, 0.3) is 0 Å². The summed E-state index contributed by atoms with van der Waals surface area (Å²) in [5, 5.41) is 0. The predicted octanol–water partition coefficient (Wildman–Crippen LogP) is 5.39. The maximum atomic E-state index is 2.48. The van der Waals surface area contributed by atoms with Gasteiger partial charge in [0.1, 0.15) is 0 Å². The second-order valence-corrected chi connectivity index (χ2v) is 6.29. The molecule has 0 saturated heterocycles. The summed E-state index contributed by atoms with van der Waals surface area (Å²) in [5.74, 6) is 0.814. The second kappa shape index (κ2) is 6.22. The molecule has 0 aliphatic heterocycles. The summed E-state index contributed by atoms with van der Waals surface area (Å²) in [5.41, 5.74) is 2.00. The predicted molar refractivity (Wildman–Crippen MR) is 79.6 cm³/mol. The number of aryl methyl sites for hydroxylation is 1. The van der Waals surface area contributed by atoms with Gasteiger partial charge in [-0.3, -0.25) is 0 Å².